The van der Waals surface area contributed by atoms with Crippen molar-refractivity contribution >= 4 is 17.5 Å². The quantitative estimate of drug-likeness (QED) is 0.643. The summed E-state index contributed by atoms with van der Waals surface area (Å²) in [4.78, 5) is 26.9. The van der Waals surface area contributed by atoms with Gasteiger partial charge in [0, 0.05) is 0 Å². The number of aliphatic hydroxyl groups is 1. The van der Waals surface area contributed by atoms with Crippen molar-refractivity contribution in [2.24, 2.45) is 11.8 Å². The molecule has 3 aliphatic heterocycles. The first kappa shape index (κ1) is 14.1. The predicted molar refractivity (Wildman–Crippen MR) is 79.1 cm³/mol. The number of nitriles is 1. The number of anilines is 1. The van der Waals surface area contributed by atoms with Gasteiger partial charge in [-0.1, -0.05) is 24.3 Å². The Morgan fingerprint density at radius 1 is 1.26 bits per heavy atom. The van der Waals surface area contributed by atoms with Gasteiger partial charge >= 0.3 is 0 Å². The fraction of sp³-hybridized carbons (Fsp3) is 0.353. The molecule has 2 bridgehead atoms. The minimum atomic E-state index is -1.15. The maximum atomic E-state index is 12.9. The van der Waals surface area contributed by atoms with Gasteiger partial charge in [-0.2, -0.15) is 5.26 Å². The average Bonchev–Trinajstić information content (AvgIpc) is 3.13. The van der Waals surface area contributed by atoms with Crippen LogP contribution in [0.3, 0.4) is 0 Å². The molecule has 1 aromatic carbocycles. The first-order valence-corrected chi connectivity index (χ1v) is 7.36. The second-order valence-corrected chi connectivity index (χ2v) is 6.33. The van der Waals surface area contributed by atoms with E-state index in [1.54, 1.807) is 43.3 Å². The lowest BCUT2D eigenvalue weighted by atomic mass is 9.73. The Morgan fingerprint density at radius 2 is 1.96 bits per heavy atom. The van der Waals surface area contributed by atoms with Crippen LogP contribution in [0.25, 0.3) is 0 Å². The van der Waals surface area contributed by atoms with Crippen LogP contribution < -0.4 is 4.90 Å². The molecule has 3 heterocycles. The van der Waals surface area contributed by atoms with Crippen molar-refractivity contribution in [3.05, 3.63) is 42.0 Å². The van der Waals surface area contributed by atoms with Gasteiger partial charge in [0.1, 0.15) is 11.7 Å². The number of nitrogens with zero attached hydrogens (tertiary/aromatic N) is 2. The van der Waals surface area contributed by atoms with Crippen LogP contribution in [-0.2, 0) is 14.3 Å². The predicted octanol–water partition coefficient (Wildman–Crippen LogP) is 0.754. The average molecular weight is 310 g/mol. The molecule has 2 amide bonds. The van der Waals surface area contributed by atoms with E-state index in [9.17, 15) is 20.0 Å². The molecule has 116 valence electrons. The van der Waals surface area contributed by atoms with Crippen LogP contribution >= 0.6 is 0 Å². The molecule has 0 saturated carbocycles. The molecule has 1 aromatic rings. The number of para-hydroxylation sites is 1. The Bertz CT molecular complexity index is 811. The smallest absolute Gasteiger partial charge is 0.241 e. The van der Waals surface area contributed by atoms with Gasteiger partial charge in [0.15, 0.2) is 0 Å². The van der Waals surface area contributed by atoms with Crippen LogP contribution in [0.5, 0.6) is 0 Å². The van der Waals surface area contributed by atoms with Crippen molar-refractivity contribution in [2.75, 3.05) is 11.5 Å². The number of carbonyl (C=O) groups excluding carboxylic acids is 2. The van der Waals surface area contributed by atoms with E-state index in [4.69, 9.17) is 4.74 Å². The third-order valence-electron chi connectivity index (χ3n) is 5.07. The van der Waals surface area contributed by atoms with Crippen LogP contribution in [0, 0.1) is 23.2 Å². The molecule has 6 nitrogen and oxygen atoms in total. The van der Waals surface area contributed by atoms with E-state index >= 15 is 0 Å². The highest BCUT2D eigenvalue weighted by molar-refractivity contribution is 6.24. The van der Waals surface area contributed by atoms with Crippen molar-refractivity contribution < 1.29 is 19.4 Å². The standard InChI is InChI=1S/C17H14N2O4/c1-16-6-7-17(9-20,23-16)13-12(16)14(21)19(15(13)22)11-5-3-2-4-10(11)8-18/h2-7,12-13,20H,9H2,1H3/t12-,13+,16-,17-/m0/s1. The number of hydrogen-bond acceptors (Lipinski definition) is 5. The number of imide groups is 1. The van der Waals surface area contributed by atoms with E-state index in [0.29, 0.717) is 0 Å². The van der Waals surface area contributed by atoms with Crippen LogP contribution in [0.1, 0.15) is 12.5 Å². The molecule has 2 saturated heterocycles. The highest BCUT2D eigenvalue weighted by Gasteiger charge is 2.72. The summed E-state index contributed by atoms with van der Waals surface area (Å²) in [7, 11) is 0. The Labute approximate surface area is 132 Å². The van der Waals surface area contributed by atoms with E-state index in [-0.39, 0.29) is 23.8 Å². The van der Waals surface area contributed by atoms with Crippen molar-refractivity contribution in [2.45, 2.75) is 18.1 Å². The maximum absolute atomic E-state index is 12.9. The lowest BCUT2D eigenvalue weighted by Gasteiger charge is -2.27. The summed E-state index contributed by atoms with van der Waals surface area (Å²) in [6, 6.07) is 8.51. The summed E-state index contributed by atoms with van der Waals surface area (Å²) in [6.45, 7) is 1.38. The number of rotatable bonds is 2. The monoisotopic (exact) mass is 310 g/mol. The number of amides is 2. The van der Waals surface area contributed by atoms with Gasteiger partial charge in [-0.15, -0.1) is 0 Å². The number of ether oxygens (including phenoxy) is 1. The number of fused-ring (bicyclic) bond motifs is 5. The van der Waals surface area contributed by atoms with E-state index in [2.05, 4.69) is 0 Å². The highest BCUT2D eigenvalue weighted by Crippen LogP contribution is 2.57. The Kier molecular flexibility index (Phi) is 2.63. The molecule has 6 heteroatoms. The number of carbonyl (C=O) groups is 2. The van der Waals surface area contributed by atoms with Crippen molar-refractivity contribution in [1.82, 2.24) is 0 Å². The normalized spacial score (nSPS) is 37.3. The third kappa shape index (κ3) is 1.53. The van der Waals surface area contributed by atoms with E-state index in [1.807, 2.05) is 6.07 Å². The molecule has 0 unspecified atom stereocenters. The molecule has 2 fully saturated rings. The van der Waals surface area contributed by atoms with Gasteiger partial charge in [-0.3, -0.25) is 9.59 Å². The fourth-order valence-electron chi connectivity index (χ4n) is 4.04. The number of benzene rings is 1. The zero-order valence-electron chi connectivity index (χ0n) is 12.4. The summed E-state index contributed by atoms with van der Waals surface area (Å²) < 4.78 is 5.85. The van der Waals surface area contributed by atoms with Crippen molar-refractivity contribution in [1.29, 1.82) is 5.26 Å². The zero-order valence-corrected chi connectivity index (χ0v) is 12.4. The maximum Gasteiger partial charge on any atom is 0.241 e. The summed E-state index contributed by atoms with van der Waals surface area (Å²) >= 11 is 0. The van der Waals surface area contributed by atoms with Crippen LogP contribution in [0.15, 0.2) is 36.4 Å². The minimum absolute atomic E-state index is 0.263. The molecule has 0 spiro atoms. The van der Waals surface area contributed by atoms with Crippen molar-refractivity contribution in [3.8, 4) is 6.07 Å². The number of aliphatic hydroxyl groups excluding tert-OH is 1. The molecule has 4 atom stereocenters. The first-order valence-electron chi connectivity index (χ1n) is 7.36. The Balaban J connectivity index is 1.85. The molecular weight excluding hydrogens is 296 g/mol. The summed E-state index contributed by atoms with van der Waals surface area (Å²) in [5.74, 6) is -2.25. The molecule has 3 aliphatic rings. The second kappa shape index (κ2) is 4.28. The van der Waals surface area contributed by atoms with Crippen molar-refractivity contribution in [3.63, 3.8) is 0 Å². The third-order valence-corrected chi connectivity index (χ3v) is 5.07. The molecule has 23 heavy (non-hydrogen) atoms. The Hall–Kier alpha value is -2.49. The Morgan fingerprint density at radius 3 is 2.65 bits per heavy atom. The number of hydrogen-bond donors (Lipinski definition) is 1. The lowest BCUT2D eigenvalue weighted by molar-refractivity contribution is -0.131. The van der Waals surface area contributed by atoms with Crippen LogP contribution in [-0.4, -0.2) is 34.7 Å². The van der Waals surface area contributed by atoms with E-state index < -0.39 is 28.9 Å². The first-order chi connectivity index (χ1) is 11.0. The zero-order chi connectivity index (χ0) is 16.4. The van der Waals surface area contributed by atoms with E-state index in [0.717, 1.165) is 4.90 Å². The van der Waals surface area contributed by atoms with Crippen LogP contribution in [0.4, 0.5) is 5.69 Å². The molecule has 0 radical (unpaired) electrons. The highest BCUT2D eigenvalue weighted by atomic mass is 16.5. The minimum Gasteiger partial charge on any atom is -0.393 e. The molecule has 0 aromatic heterocycles. The summed E-state index contributed by atoms with van der Waals surface area (Å²) in [5, 5.41) is 19.0. The van der Waals surface area contributed by atoms with Gasteiger partial charge in [-0.05, 0) is 19.1 Å². The van der Waals surface area contributed by atoms with Gasteiger partial charge in [0.2, 0.25) is 11.8 Å². The largest absolute Gasteiger partial charge is 0.393 e. The fourth-order valence-corrected chi connectivity index (χ4v) is 4.04. The van der Waals surface area contributed by atoms with Gasteiger partial charge in [0.05, 0.1) is 35.3 Å². The topological polar surface area (TPSA) is 90.6 Å². The summed E-state index contributed by atoms with van der Waals surface area (Å²) in [5.41, 5.74) is -1.51. The molecule has 1 N–H and O–H groups in total. The molecule has 0 aliphatic carbocycles. The SMILES string of the molecule is C[C@@]12C=C[C@@](CO)(O1)[C@H]1C(=O)N(c3ccccc3C#N)C(=O)[C@H]12. The molecular formula is C17H14N2O4. The van der Waals surface area contributed by atoms with Crippen LogP contribution in [0.2, 0.25) is 0 Å². The van der Waals surface area contributed by atoms with E-state index in [1.165, 1.54) is 0 Å². The van der Waals surface area contributed by atoms with Gasteiger partial charge in [-0.25, -0.2) is 4.90 Å². The second-order valence-electron chi connectivity index (χ2n) is 6.33. The summed E-state index contributed by atoms with van der Waals surface area (Å²) in [6.07, 6.45) is 3.42. The lowest BCUT2D eigenvalue weighted by Crippen LogP contribution is -2.43. The van der Waals surface area contributed by atoms with Gasteiger partial charge < -0.3 is 9.84 Å². The molecule has 4 rings (SSSR count). The van der Waals surface area contributed by atoms with Gasteiger partial charge in [0.25, 0.3) is 0 Å².